The minimum absolute atomic E-state index is 0.237. The Morgan fingerprint density at radius 1 is 0.917 bits per heavy atom. The first-order valence-corrected chi connectivity index (χ1v) is 9.09. The van der Waals surface area contributed by atoms with Crippen molar-refractivity contribution in [1.29, 1.82) is 0 Å². The first kappa shape index (κ1) is 15.4. The van der Waals surface area contributed by atoms with Crippen molar-refractivity contribution in [2.75, 3.05) is 13.1 Å². The van der Waals surface area contributed by atoms with E-state index in [2.05, 4.69) is 24.3 Å². The van der Waals surface area contributed by atoms with E-state index in [0.29, 0.717) is 5.58 Å². The van der Waals surface area contributed by atoms with Crippen LogP contribution in [0, 0.1) is 0 Å². The number of fused-ring (bicyclic) bond motifs is 3. The molecule has 24 heavy (non-hydrogen) atoms. The molecule has 1 N–H and O–H groups in total. The third kappa shape index (κ3) is 3.09. The summed E-state index contributed by atoms with van der Waals surface area (Å²) in [6.45, 7) is 3.31. The highest BCUT2D eigenvalue weighted by Gasteiger charge is 2.16. The number of rotatable bonds is 2. The Labute approximate surface area is 141 Å². The molecule has 4 rings (SSSR count). The Bertz CT molecular complexity index is 904. The molecule has 0 aliphatic carbocycles. The Balaban J connectivity index is 1.81. The van der Waals surface area contributed by atoms with Gasteiger partial charge in [-0.1, -0.05) is 36.8 Å². The van der Waals surface area contributed by atoms with Gasteiger partial charge in [-0.05, 0) is 42.5 Å². The molecular formula is C21H24NO2+. The Morgan fingerprint density at radius 2 is 1.67 bits per heavy atom. The van der Waals surface area contributed by atoms with Gasteiger partial charge in [0.25, 0.3) is 0 Å². The second kappa shape index (κ2) is 6.78. The lowest BCUT2D eigenvalue weighted by atomic mass is 10.0. The normalized spacial score (nSPS) is 17.0. The van der Waals surface area contributed by atoms with Crippen LogP contribution < -0.4 is 10.5 Å². The topological polar surface area (TPSA) is 34.7 Å². The van der Waals surface area contributed by atoms with Gasteiger partial charge in [0.1, 0.15) is 12.1 Å². The molecule has 0 bridgehead atoms. The summed E-state index contributed by atoms with van der Waals surface area (Å²) in [4.78, 5) is 13.6. The predicted octanol–water partition coefficient (Wildman–Crippen LogP) is 3.30. The molecule has 2 heterocycles. The van der Waals surface area contributed by atoms with E-state index in [-0.39, 0.29) is 5.63 Å². The van der Waals surface area contributed by atoms with Crippen molar-refractivity contribution in [2.45, 2.75) is 38.6 Å². The van der Waals surface area contributed by atoms with Crippen LogP contribution in [-0.4, -0.2) is 13.1 Å². The highest BCUT2D eigenvalue weighted by molar-refractivity contribution is 6.06. The number of hydrogen-bond donors (Lipinski definition) is 1. The zero-order chi connectivity index (χ0) is 16.4. The molecule has 0 spiro atoms. The quantitative estimate of drug-likeness (QED) is 0.580. The molecule has 3 nitrogen and oxygen atoms in total. The molecule has 124 valence electrons. The van der Waals surface area contributed by atoms with Gasteiger partial charge in [-0.25, -0.2) is 4.79 Å². The van der Waals surface area contributed by atoms with Crippen LogP contribution in [0.25, 0.3) is 21.7 Å². The van der Waals surface area contributed by atoms with Crippen LogP contribution in [0.3, 0.4) is 0 Å². The standard InChI is InChI=1S/C21H23NO2/c23-20-14-17(15-22-12-6-2-1-3-7-13-22)21-18-9-5-4-8-16(18)10-11-19(21)24-20/h4-5,8-11,14H,1-3,6-7,12-13,15H2/p+1. The Morgan fingerprint density at radius 3 is 2.50 bits per heavy atom. The summed E-state index contributed by atoms with van der Waals surface area (Å²) in [6.07, 6.45) is 6.62. The minimum Gasteiger partial charge on any atom is -0.423 e. The second-order valence-electron chi connectivity index (χ2n) is 6.95. The van der Waals surface area contributed by atoms with E-state index in [1.54, 1.807) is 11.0 Å². The van der Waals surface area contributed by atoms with Gasteiger partial charge in [0.15, 0.2) is 0 Å². The molecule has 0 radical (unpaired) electrons. The molecule has 1 aromatic heterocycles. The average Bonchev–Trinajstić information content (AvgIpc) is 2.56. The molecule has 0 saturated carbocycles. The van der Waals surface area contributed by atoms with Crippen molar-refractivity contribution in [3.63, 3.8) is 0 Å². The molecule has 0 atom stereocenters. The van der Waals surface area contributed by atoms with Crippen molar-refractivity contribution >= 4 is 21.7 Å². The molecule has 1 aliphatic heterocycles. The number of nitrogens with one attached hydrogen (secondary N) is 1. The summed E-state index contributed by atoms with van der Waals surface area (Å²) >= 11 is 0. The smallest absolute Gasteiger partial charge is 0.336 e. The van der Waals surface area contributed by atoms with E-state index in [9.17, 15) is 4.79 Å². The SMILES string of the molecule is O=c1cc(C[NH+]2CCCCCCC2)c2c(ccc3ccccc32)o1. The highest BCUT2D eigenvalue weighted by Crippen LogP contribution is 2.27. The molecule has 3 heteroatoms. The first-order valence-electron chi connectivity index (χ1n) is 9.09. The average molecular weight is 322 g/mol. The number of likely N-dealkylation sites (tertiary alicyclic amines) is 1. The molecule has 0 amide bonds. The maximum Gasteiger partial charge on any atom is 0.336 e. The van der Waals surface area contributed by atoms with Crippen LogP contribution in [0.1, 0.15) is 37.7 Å². The van der Waals surface area contributed by atoms with E-state index in [4.69, 9.17) is 4.42 Å². The molecule has 0 unspecified atom stereocenters. The van der Waals surface area contributed by atoms with Crippen LogP contribution in [0.5, 0.6) is 0 Å². The summed E-state index contributed by atoms with van der Waals surface area (Å²) in [6, 6.07) is 14.0. The van der Waals surface area contributed by atoms with Gasteiger partial charge in [0.05, 0.1) is 13.1 Å². The van der Waals surface area contributed by atoms with Crippen molar-refractivity contribution in [1.82, 2.24) is 0 Å². The van der Waals surface area contributed by atoms with Gasteiger partial charge in [-0.3, -0.25) is 0 Å². The maximum absolute atomic E-state index is 12.0. The summed E-state index contributed by atoms with van der Waals surface area (Å²) in [5.74, 6) is 0. The summed E-state index contributed by atoms with van der Waals surface area (Å²) in [5, 5.41) is 3.49. The van der Waals surface area contributed by atoms with Gasteiger partial charge in [0.2, 0.25) is 0 Å². The van der Waals surface area contributed by atoms with Crippen LogP contribution in [-0.2, 0) is 6.54 Å². The predicted molar refractivity (Wildman–Crippen MR) is 97.5 cm³/mol. The first-order chi connectivity index (χ1) is 11.8. The largest absolute Gasteiger partial charge is 0.423 e. The highest BCUT2D eigenvalue weighted by atomic mass is 16.4. The monoisotopic (exact) mass is 322 g/mol. The lowest BCUT2D eigenvalue weighted by Gasteiger charge is -2.22. The molecule has 2 aromatic carbocycles. The number of benzene rings is 2. The molecule has 1 fully saturated rings. The molecule has 3 aromatic rings. The molecule has 1 saturated heterocycles. The van der Waals surface area contributed by atoms with Crippen LogP contribution in [0.15, 0.2) is 51.7 Å². The third-order valence-electron chi connectivity index (χ3n) is 5.22. The molecular weight excluding hydrogens is 298 g/mol. The van der Waals surface area contributed by atoms with E-state index in [1.807, 2.05) is 12.1 Å². The van der Waals surface area contributed by atoms with Crippen molar-refractivity contribution in [3.05, 3.63) is 58.4 Å². The fourth-order valence-electron chi connectivity index (χ4n) is 4.01. The van der Waals surface area contributed by atoms with E-state index in [1.165, 1.54) is 56.0 Å². The fraction of sp³-hybridized carbons (Fsp3) is 0.381. The Kier molecular flexibility index (Phi) is 4.35. The van der Waals surface area contributed by atoms with E-state index in [0.717, 1.165) is 17.5 Å². The number of hydrogen-bond acceptors (Lipinski definition) is 2. The van der Waals surface area contributed by atoms with Crippen molar-refractivity contribution in [2.24, 2.45) is 0 Å². The van der Waals surface area contributed by atoms with Crippen LogP contribution in [0.4, 0.5) is 0 Å². The summed E-state index contributed by atoms with van der Waals surface area (Å²) in [5.41, 5.74) is 1.61. The lowest BCUT2D eigenvalue weighted by Crippen LogP contribution is -3.10. The molecule has 1 aliphatic rings. The zero-order valence-electron chi connectivity index (χ0n) is 14.0. The Hall–Kier alpha value is -2.13. The van der Waals surface area contributed by atoms with Gasteiger partial charge in [0, 0.05) is 17.0 Å². The van der Waals surface area contributed by atoms with E-state index >= 15 is 0 Å². The number of quaternary nitrogens is 1. The minimum atomic E-state index is -0.237. The van der Waals surface area contributed by atoms with Crippen LogP contribution >= 0.6 is 0 Å². The fourth-order valence-corrected chi connectivity index (χ4v) is 4.01. The zero-order valence-corrected chi connectivity index (χ0v) is 14.0. The lowest BCUT2D eigenvalue weighted by molar-refractivity contribution is -0.914. The van der Waals surface area contributed by atoms with Gasteiger partial charge in [-0.2, -0.15) is 0 Å². The summed E-state index contributed by atoms with van der Waals surface area (Å²) in [7, 11) is 0. The maximum atomic E-state index is 12.0. The summed E-state index contributed by atoms with van der Waals surface area (Å²) < 4.78 is 5.48. The third-order valence-corrected chi connectivity index (χ3v) is 5.22. The van der Waals surface area contributed by atoms with E-state index < -0.39 is 0 Å². The van der Waals surface area contributed by atoms with Crippen molar-refractivity contribution in [3.8, 4) is 0 Å². The van der Waals surface area contributed by atoms with Gasteiger partial charge < -0.3 is 9.32 Å². The van der Waals surface area contributed by atoms with Crippen LogP contribution in [0.2, 0.25) is 0 Å². The van der Waals surface area contributed by atoms with Gasteiger partial charge in [-0.15, -0.1) is 0 Å². The second-order valence-corrected chi connectivity index (χ2v) is 6.95. The van der Waals surface area contributed by atoms with Gasteiger partial charge >= 0.3 is 5.63 Å². The van der Waals surface area contributed by atoms with Crippen molar-refractivity contribution < 1.29 is 9.32 Å².